The Morgan fingerprint density at radius 3 is 2.19 bits per heavy atom. The molecule has 0 saturated carbocycles. The molecule has 2 unspecified atom stereocenters. The van der Waals surface area contributed by atoms with Gasteiger partial charge in [-0.3, -0.25) is 0 Å². The Morgan fingerprint density at radius 1 is 0.938 bits per heavy atom. The Hall–Kier alpha value is -0.200. The Kier molecular flexibility index (Phi) is 11.1. The summed E-state index contributed by atoms with van der Waals surface area (Å²) >= 11 is 0. The number of hydrogen-bond acceptors (Lipinski definition) is 5. The summed E-state index contributed by atoms with van der Waals surface area (Å²) in [5.41, 5.74) is 0. The minimum Gasteiger partial charge on any atom is -0.394 e. The molecule has 0 aromatic heterocycles. The Bertz CT molecular complexity index is 142. The summed E-state index contributed by atoms with van der Waals surface area (Å²) in [7, 11) is 1.66. The maximum atomic E-state index is 8.50. The highest BCUT2D eigenvalue weighted by molar-refractivity contribution is 4.48. The van der Waals surface area contributed by atoms with Crippen molar-refractivity contribution in [3.63, 3.8) is 0 Å². The predicted octanol–water partition coefficient (Wildman–Crippen LogP) is 0.452. The van der Waals surface area contributed by atoms with E-state index in [1.54, 1.807) is 7.11 Å². The number of ether oxygens (including phenoxy) is 4. The van der Waals surface area contributed by atoms with Crippen molar-refractivity contribution in [2.45, 2.75) is 26.1 Å². The lowest BCUT2D eigenvalue weighted by Gasteiger charge is -2.14. The van der Waals surface area contributed by atoms with Gasteiger partial charge in [0, 0.05) is 7.11 Å². The van der Waals surface area contributed by atoms with E-state index in [0.29, 0.717) is 33.0 Å². The number of rotatable bonds is 11. The van der Waals surface area contributed by atoms with Gasteiger partial charge >= 0.3 is 0 Å². The number of hydrogen-bond donors (Lipinski definition) is 1. The Morgan fingerprint density at radius 2 is 1.56 bits per heavy atom. The second-order valence-electron chi connectivity index (χ2n) is 3.60. The van der Waals surface area contributed by atoms with Crippen molar-refractivity contribution in [3.8, 4) is 0 Å². The molecule has 0 bridgehead atoms. The predicted molar refractivity (Wildman–Crippen MR) is 60.6 cm³/mol. The van der Waals surface area contributed by atoms with Crippen molar-refractivity contribution in [1.82, 2.24) is 0 Å². The molecule has 1 N–H and O–H groups in total. The van der Waals surface area contributed by atoms with Gasteiger partial charge in [-0.1, -0.05) is 0 Å². The van der Waals surface area contributed by atoms with Crippen LogP contribution < -0.4 is 0 Å². The van der Waals surface area contributed by atoms with Crippen molar-refractivity contribution in [3.05, 3.63) is 0 Å². The topological polar surface area (TPSA) is 57.2 Å². The van der Waals surface area contributed by atoms with Crippen LogP contribution in [0.15, 0.2) is 0 Å². The number of methoxy groups -OCH3 is 1. The molecule has 0 aliphatic rings. The molecule has 0 fully saturated rings. The lowest BCUT2D eigenvalue weighted by atomic mass is 10.4. The first-order chi connectivity index (χ1) is 7.70. The first-order valence-electron chi connectivity index (χ1n) is 5.61. The summed E-state index contributed by atoms with van der Waals surface area (Å²) in [4.78, 5) is 0. The van der Waals surface area contributed by atoms with Gasteiger partial charge in [-0.2, -0.15) is 0 Å². The molecule has 0 aromatic carbocycles. The maximum Gasteiger partial charge on any atom is 0.0781 e. The van der Waals surface area contributed by atoms with Gasteiger partial charge in [-0.25, -0.2) is 0 Å². The van der Waals surface area contributed by atoms with E-state index < -0.39 is 0 Å². The molecule has 0 aromatic rings. The van der Waals surface area contributed by atoms with Gasteiger partial charge in [0.15, 0.2) is 0 Å². The zero-order valence-corrected chi connectivity index (χ0v) is 10.5. The fraction of sp³-hybridized carbons (Fsp3) is 1.00. The van der Waals surface area contributed by atoms with Crippen LogP contribution in [0.4, 0.5) is 0 Å². The quantitative estimate of drug-likeness (QED) is 0.528. The molecule has 0 amide bonds. The molecule has 0 heterocycles. The molecule has 0 aliphatic carbocycles. The van der Waals surface area contributed by atoms with Crippen molar-refractivity contribution >= 4 is 0 Å². The highest BCUT2D eigenvalue weighted by Gasteiger charge is 2.02. The van der Waals surface area contributed by atoms with E-state index in [2.05, 4.69) is 0 Å². The Labute approximate surface area is 97.6 Å². The summed E-state index contributed by atoms with van der Waals surface area (Å²) in [6.07, 6.45) is 0.139. The third-order valence-corrected chi connectivity index (χ3v) is 1.97. The van der Waals surface area contributed by atoms with Gasteiger partial charge in [0.25, 0.3) is 0 Å². The molecule has 98 valence electrons. The SMILES string of the molecule is COC(C)COCCOC(C)COCCO. The summed E-state index contributed by atoms with van der Waals surface area (Å²) in [5, 5.41) is 8.50. The van der Waals surface area contributed by atoms with Gasteiger partial charge < -0.3 is 24.1 Å². The smallest absolute Gasteiger partial charge is 0.0781 e. The van der Waals surface area contributed by atoms with Gasteiger partial charge in [-0.05, 0) is 13.8 Å². The molecule has 0 rings (SSSR count). The standard InChI is InChI=1S/C11H24O5/c1-10(13-3)8-15-6-7-16-11(2)9-14-5-4-12/h10-12H,4-9H2,1-3H3. The second kappa shape index (κ2) is 11.3. The molecule has 0 aliphatic heterocycles. The molecule has 0 spiro atoms. The molecule has 16 heavy (non-hydrogen) atoms. The van der Waals surface area contributed by atoms with Crippen LogP contribution in [0.3, 0.4) is 0 Å². The third-order valence-electron chi connectivity index (χ3n) is 1.97. The van der Waals surface area contributed by atoms with E-state index in [0.717, 1.165) is 0 Å². The zero-order valence-electron chi connectivity index (χ0n) is 10.5. The van der Waals surface area contributed by atoms with E-state index in [4.69, 9.17) is 24.1 Å². The normalized spacial score (nSPS) is 15.0. The molecular formula is C11H24O5. The van der Waals surface area contributed by atoms with Crippen molar-refractivity contribution in [2.75, 3.05) is 46.8 Å². The van der Waals surface area contributed by atoms with Crippen LogP contribution in [0.1, 0.15) is 13.8 Å². The summed E-state index contributed by atoms with van der Waals surface area (Å²) in [6, 6.07) is 0. The monoisotopic (exact) mass is 236 g/mol. The number of aliphatic hydroxyl groups is 1. The average molecular weight is 236 g/mol. The molecule has 5 heteroatoms. The lowest BCUT2D eigenvalue weighted by Crippen LogP contribution is -2.21. The Balaban J connectivity index is 3.17. The van der Waals surface area contributed by atoms with Crippen LogP contribution in [0, 0.1) is 0 Å². The first-order valence-corrected chi connectivity index (χ1v) is 5.61. The van der Waals surface area contributed by atoms with E-state index in [9.17, 15) is 0 Å². The van der Waals surface area contributed by atoms with Gasteiger partial charge in [0.05, 0.1) is 51.8 Å². The van der Waals surface area contributed by atoms with E-state index in [1.807, 2.05) is 13.8 Å². The van der Waals surface area contributed by atoms with Crippen LogP contribution in [0.2, 0.25) is 0 Å². The summed E-state index contributed by atoms with van der Waals surface area (Å²) in [5.74, 6) is 0. The first kappa shape index (κ1) is 15.8. The van der Waals surface area contributed by atoms with Crippen molar-refractivity contribution in [1.29, 1.82) is 0 Å². The highest BCUT2D eigenvalue weighted by atomic mass is 16.6. The van der Waals surface area contributed by atoms with Crippen LogP contribution in [-0.2, 0) is 18.9 Å². The second-order valence-corrected chi connectivity index (χ2v) is 3.60. The fourth-order valence-electron chi connectivity index (χ4n) is 0.988. The minimum absolute atomic E-state index is 0.0231. The average Bonchev–Trinajstić information content (AvgIpc) is 2.28. The summed E-state index contributed by atoms with van der Waals surface area (Å²) < 4.78 is 20.9. The fourth-order valence-corrected chi connectivity index (χ4v) is 0.988. The third kappa shape index (κ3) is 10.3. The van der Waals surface area contributed by atoms with E-state index in [-0.39, 0.29) is 18.8 Å². The molecule has 5 nitrogen and oxygen atoms in total. The van der Waals surface area contributed by atoms with Crippen LogP contribution in [-0.4, -0.2) is 64.1 Å². The van der Waals surface area contributed by atoms with Gasteiger partial charge in [0.2, 0.25) is 0 Å². The zero-order chi connectivity index (χ0) is 12.2. The molecular weight excluding hydrogens is 212 g/mol. The number of aliphatic hydroxyl groups excluding tert-OH is 1. The molecule has 2 atom stereocenters. The lowest BCUT2D eigenvalue weighted by molar-refractivity contribution is -0.0467. The van der Waals surface area contributed by atoms with Crippen molar-refractivity contribution in [2.24, 2.45) is 0 Å². The van der Waals surface area contributed by atoms with E-state index >= 15 is 0 Å². The summed E-state index contributed by atoms with van der Waals surface area (Å²) in [6.45, 7) is 6.45. The molecule has 0 saturated heterocycles. The molecule has 0 radical (unpaired) electrons. The van der Waals surface area contributed by atoms with Crippen LogP contribution in [0.5, 0.6) is 0 Å². The van der Waals surface area contributed by atoms with Gasteiger partial charge in [0.1, 0.15) is 0 Å². The maximum absolute atomic E-state index is 8.50. The van der Waals surface area contributed by atoms with Crippen molar-refractivity contribution < 1.29 is 24.1 Å². The van der Waals surface area contributed by atoms with Gasteiger partial charge in [-0.15, -0.1) is 0 Å². The van der Waals surface area contributed by atoms with Crippen LogP contribution in [0.25, 0.3) is 0 Å². The minimum atomic E-state index is 0.0231. The van der Waals surface area contributed by atoms with E-state index in [1.165, 1.54) is 0 Å². The largest absolute Gasteiger partial charge is 0.394 e. The highest BCUT2D eigenvalue weighted by Crippen LogP contribution is 1.93. The van der Waals surface area contributed by atoms with Crippen LogP contribution >= 0.6 is 0 Å².